The fraction of sp³-hybridized carbons (Fsp3) is 0.462. The first-order valence-electron chi connectivity index (χ1n) is 5.09. The van der Waals surface area contributed by atoms with Gasteiger partial charge < -0.3 is 0 Å². The van der Waals surface area contributed by atoms with E-state index in [-0.39, 0.29) is 3.42 Å². The molecule has 0 saturated heterocycles. The zero-order valence-corrected chi connectivity index (χ0v) is 11.8. The van der Waals surface area contributed by atoms with Gasteiger partial charge in [-0.25, -0.2) is 0 Å². The summed E-state index contributed by atoms with van der Waals surface area (Å²) < 4.78 is 0.0736. The van der Waals surface area contributed by atoms with Gasteiger partial charge in [-0.05, 0) is 43.0 Å². The summed E-state index contributed by atoms with van der Waals surface area (Å²) in [6, 6.07) is 8.20. The van der Waals surface area contributed by atoms with E-state index in [1.54, 1.807) is 0 Å². The molecule has 0 saturated carbocycles. The fourth-order valence-corrected chi connectivity index (χ4v) is 2.11. The van der Waals surface area contributed by atoms with E-state index in [1.165, 1.54) is 11.1 Å². The molecule has 0 radical (unpaired) electrons. The average Bonchev–Trinajstić information content (AvgIpc) is 2.15. The zero-order valence-electron chi connectivity index (χ0n) is 9.63. The van der Waals surface area contributed by atoms with Crippen molar-refractivity contribution in [2.24, 2.45) is 0 Å². The summed E-state index contributed by atoms with van der Waals surface area (Å²) in [4.78, 5) is 0. The Morgan fingerprint density at radius 2 is 1.93 bits per heavy atom. The molecule has 1 rings (SSSR count). The molecule has 0 atom stereocenters. The summed E-state index contributed by atoms with van der Waals surface area (Å²) in [6.45, 7) is 8.73. The second kappa shape index (κ2) is 4.52. The Morgan fingerprint density at radius 3 is 2.33 bits per heavy atom. The topological polar surface area (TPSA) is 23.8 Å². The molecule has 0 aliphatic carbocycles. The van der Waals surface area contributed by atoms with Crippen molar-refractivity contribution in [1.82, 2.24) is 0 Å². The Morgan fingerprint density at radius 1 is 1.33 bits per heavy atom. The van der Waals surface area contributed by atoms with Crippen LogP contribution in [0, 0.1) is 11.3 Å². The maximum Gasteiger partial charge on any atom is 0.0991 e. The van der Waals surface area contributed by atoms with Crippen LogP contribution in [-0.2, 0) is 3.42 Å². The summed E-state index contributed by atoms with van der Waals surface area (Å²) >= 11 is 2.43. The fourth-order valence-electron chi connectivity index (χ4n) is 1.64. The second-order valence-electron chi connectivity index (χ2n) is 4.54. The molecule has 1 aromatic carbocycles. The van der Waals surface area contributed by atoms with E-state index in [4.69, 9.17) is 5.26 Å². The van der Waals surface area contributed by atoms with Gasteiger partial charge in [-0.2, -0.15) is 5.26 Å². The molecule has 15 heavy (non-hydrogen) atoms. The first-order valence-corrected chi connectivity index (χ1v) is 6.17. The lowest BCUT2D eigenvalue weighted by atomic mass is 9.89. The molecule has 2 heteroatoms. The van der Waals surface area contributed by atoms with Crippen LogP contribution in [0.5, 0.6) is 0 Å². The van der Waals surface area contributed by atoms with Gasteiger partial charge in [0, 0.05) is 3.42 Å². The molecule has 0 fully saturated rings. The van der Waals surface area contributed by atoms with E-state index in [0.717, 1.165) is 5.56 Å². The van der Waals surface area contributed by atoms with Gasteiger partial charge >= 0.3 is 0 Å². The second-order valence-corrected chi connectivity index (χ2v) is 7.24. The molecule has 0 N–H and O–H groups in total. The minimum Gasteiger partial charge on any atom is -0.192 e. The number of alkyl halides is 1. The molecule has 1 aromatic rings. The van der Waals surface area contributed by atoms with Gasteiger partial charge in [0.25, 0.3) is 0 Å². The standard InChI is InChI=1S/C13H16IN/c1-9(2)11-6-5-10(8-15)7-12(11)13(3,4)14/h5-7,9H,1-4H3. The summed E-state index contributed by atoms with van der Waals surface area (Å²) in [5.74, 6) is 0.502. The van der Waals surface area contributed by atoms with Gasteiger partial charge in [0.15, 0.2) is 0 Å². The Labute approximate surface area is 106 Å². The highest BCUT2D eigenvalue weighted by Crippen LogP contribution is 2.36. The summed E-state index contributed by atoms with van der Waals surface area (Å²) in [5, 5.41) is 8.90. The van der Waals surface area contributed by atoms with E-state index < -0.39 is 0 Å². The van der Waals surface area contributed by atoms with E-state index in [1.807, 2.05) is 12.1 Å². The van der Waals surface area contributed by atoms with Gasteiger partial charge in [0.2, 0.25) is 0 Å². The molecule has 0 unspecified atom stereocenters. The normalized spacial score (nSPS) is 11.5. The Hall–Kier alpha value is -0.560. The number of nitrogens with zero attached hydrogens (tertiary/aromatic N) is 1. The predicted octanol–water partition coefficient (Wildman–Crippen LogP) is 4.35. The van der Waals surface area contributed by atoms with Crippen molar-refractivity contribution in [2.75, 3.05) is 0 Å². The Balaban J connectivity index is 3.37. The van der Waals surface area contributed by atoms with Crippen molar-refractivity contribution in [1.29, 1.82) is 5.26 Å². The lowest BCUT2D eigenvalue weighted by Gasteiger charge is -2.23. The third-order valence-corrected chi connectivity index (χ3v) is 3.03. The van der Waals surface area contributed by atoms with Gasteiger partial charge in [-0.3, -0.25) is 0 Å². The zero-order chi connectivity index (χ0) is 11.6. The Bertz CT molecular complexity index is 394. The number of nitriles is 1. The maximum atomic E-state index is 8.90. The van der Waals surface area contributed by atoms with Crippen molar-refractivity contribution in [3.05, 3.63) is 34.9 Å². The van der Waals surface area contributed by atoms with Crippen LogP contribution < -0.4 is 0 Å². The quantitative estimate of drug-likeness (QED) is 0.588. The van der Waals surface area contributed by atoms with Crippen molar-refractivity contribution < 1.29 is 0 Å². The molecule has 0 aliphatic heterocycles. The summed E-state index contributed by atoms with van der Waals surface area (Å²) in [5.41, 5.74) is 3.37. The lowest BCUT2D eigenvalue weighted by molar-refractivity contribution is 0.768. The van der Waals surface area contributed by atoms with Crippen LogP contribution in [-0.4, -0.2) is 0 Å². The number of rotatable bonds is 2. The molecular weight excluding hydrogens is 297 g/mol. The number of hydrogen-bond donors (Lipinski definition) is 0. The van der Waals surface area contributed by atoms with E-state index in [2.05, 4.69) is 62.4 Å². The molecule has 0 bridgehead atoms. The van der Waals surface area contributed by atoms with Crippen LogP contribution in [0.15, 0.2) is 18.2 Å². The molecule has 0 aromatic heterocycles. The number of hydrogen-bond acceptors (Lipinski definition) is 1. The number of benzene rings is 1. The largest absolute Gasteiger partial charge is 0.192 e. The van der Waals surface area contributed by atoms with Gasteiger partial charge in [0.05, 0.1) is 11.6 Å². The predicted molar refractivity (Wildman–Crippen MR) is 72.3 cm³/mol. The van der Waals surface area contributed by atoms with Crippen LogP contribution in [0.25, 0.3) is 0 Å². The summed E-state index contributed by atoms with van der Waals surface area (Å²) in [6.07, 6.45) is 0. The molecule has 0 amide bonds. The third-order valence-electron chi connectivity index (χ3n) is 2.44. The highest BCUT2D eigenvalue weighted by Gasteiger charge is 2.21. The SMILES string of the molecule is CC(C)c1ccc(C#N)cc1C(C)(C)I. The smallest absolute Gasteiger partial charge is 0.0991 e. The molecule has 80 valence electrons. The van der Waals surface area contributed by atoms with Gasteiger partial charge in [0.1, 0.15) is 0 Å². The highest BCUT2D eigenvalue weighted by molar-refractivity contribution is 14.1. The van der Waals surface area contributed by atoms with Crippen LogP contribution in [0.3, 0.4) is 0 Å². The van der Waals surface area contributed by atoms with Crippen LogP contribution in [0.1, 0.15) is 50.3 Å². The van der Waals surface area contributed by atoms with E-state index in [9.17, 15) is 0 Å². The molecule has 0 spiro atoms. The first kappa shape index (κ1) is 12.5. The van der Waals surface area contributed by atoms with Gasteiger partial charge in [-0.15, -0.1) is 0 Å². The van der Waals surface area contributed by atoms with Crippen LogP contribution in [0.4, 0.5) is 0 Å². The van der Waals surface area contributed by atoms with Crippen molar-refractivity contribution in [3.63, 3.8) is 0 Å². The van der Waals surface area contributed by atoms with Crippen molar-refractivity contribution >= 4 is 22.6 Å². The molecule has 0 heterocycles. The highest BCUT2D eigenvalue weighted by atomic mass is 127. The monoisotopic (exact) mass is 313 g/mol. The number of halogens is 1. The maximum absolute atomic E-state index is 8.90. The van der Waals surface area contributed by atoms with E-state index >= 15 is 0 Å². The average molecular weight is 313 g/mol. The first-order chi connectivity index (χ1) is 6.86. The lowest BCUT2D eigenvalue weighted by Crippen LogP contribution is -2.11. The molecular formula is C13H16IN. The van der Waals surface area contributed by atoms with Crippen LogP contribution in [0.2, 0.25) is 0 Å². The minimum atomic E-state index is 0.0736. The Kier molecular flexibility index (Phi) is 3.77. The molecule has 0 aliphatic rings. The third kappa shape index (κ3) is 2.94. The summed E-state index contributed by atoms with van der Waals surface area (Å²) in [7, 11) is 0. The van der Waals surface area contributed by atoms with E-state index in [0.29, 0.717) is 5.92 Å². The minimum absolute atomic E-state index is 0.0736. The van der Waals surface area contributed by atoms with Crippen molar-refractivity contribution in [3.8, 4) is 6.07 Å². The molecule has 1 nitrogen and oxygen atoms in total. The van der Waals surface area contributed by atoms with Crippen LogP contribution >= 0.6 is 22.6 Å². The van der Waals surface area contributed by atoms with Gasteiger partial charge in [-0.1, -0.05) is 42.5 Å². The van der Waals surface area contributed by atoms with Crippen molar-refractivity contribution in [2.45, 2.75) is 37.0 Å².